The van der Waals surface area contributed by atoms with E-state index in [9.17, 15) is 0 Å². The average molecular weight is 503 g/mol. The van der Waals surface area contributed by atoms with Gasteiger partial charge >= 0.3 is 0 Å². The van der Waals surface area contributed by atoms with Crippen LogP contribution < -0.4 is 15.4 Å². The minimum atomic E-state index is 0. The van der Waals surface area contributed by atoms with Crippen LogP contribution >= 0.6 is 24.0 Å². The monoisotopic (exact) mass is 503 g/mol. The minimum absolute atomic E-state index is 0. The first kappa shape index (κ1) is 25.0. The van der Waals surface area contributed by atoms with E-state index in [2.05, 4.69) is 36.6 Å². The van der Waals surface area contributed by atoms with Crippen molar-refractivity contribution in [2.24, 2.45) is 10.4 Å². The largest absolute Gasteiger partial charge is 0.494 e. The number of aryl methyl sites for hydroxylation is 1. The molecule has 1 aliphatic carbocycles. The number of guanidine groups is 1. The van der Waals surface area contributed by atoms with E-state index < -0.39 is 0 Å². The normalized spacial score (nSPS) is 15.3. The van der Waals surface area contributed by atoms with Gasteiger partial charge in [-0.05, 0) is 63.5 Å². The molecule has 0 unspecified atom stereocenters. The molecule has 2 rings (SSSR count). The van der Waals surface area contributed by atoms with E-state index in [1.54, 1.807) is 7.11 Å². The molecule has 1 aliphatic rings. The van der Waals surface area contributed by atoms with Crippen molar-refractivity contribution in [3.8, 4) is 5.75 Å². The lowest BCUT2D eigenvalue weighted by molar-refractivity contribution is 0.0778. The predicted octanol–water partition coefficient (Wildman–Crippen LogP) is 4.53. The van der Waals surface area contributed by atoms with Gasteiger partial charge in [0.05, 0.1) is 6.61 Å². The molecule has 0 aliphatic heterocycles. The van der Waals surface area contributed by atoms with Gasteiger partial charge in [0, 0.05) is 33.4 Å². The molecule has 0 saturated heterocycles. The highest BCUT2D eigenvalue weighted by Crippen LogP contribution is 2.44. The van der Waals surface area contributed by atoms with Crippen LogP contribution in [0.4, 0.5) is 0 Å². The van der Waals surface area contributed by atoms with Crippen LogP contribution in [0.2, 0.25) is 0 Å². The van der Waals surface area contributed by atoms with Crippen molar-refractivity contribution in [2.45, 2.75) is 52.4 Å². The zero-order valence-corrected chi connectivity index (χ0v) is 20.1. The van der Waals surface area contributed by atoms with Crippen LogP contribution in [0.5, 0.6) is 5.75 Å². The summed E-state index contributed by atoms with van der Waals surface area (Å²) in [5.41, 5.74) is 1.62. The van der Waals surface area contributed by atoms with Gasteiger partial charge in [-0.25, -0.2) is 0 Å². The van der Waals surface area contributed by atoms with Gasteiger partial charge in [0.1, 0.15) is 5.75 Å². The van der Waals surface area contributed by atoms with Crippen molar-refractivity contribution >= 4 is 29.9 Å². The smallest absolute Gasteiger partial charge is 0.191 e. The predicted molar refractivity (Wildman–Crippen MR) is 128 cm³/mol. The van der Waals surface area contributed by atoms with Gasteiger partial charge in [-0.1, -0.05) is 24.1 Å². The molecule has 160 valence electrons. The van der Waals surface area contributed by atoms with Crippen LogP contribution in [-0.2, 0) is 4.74 Å². The highest BCUT2D eigenvalue weighted by atomic mass is 127. The Bertz CT molecular complexity index is 559. The van der Waals surface area contributed by atoms with E-state index in [1.807, 2.05) is 12.1 Å². The number of nitrogens with one attached hydrogen (secondary N) is 2. The number of hydrogen-bond donors (Lipinski definition) is 2. The van der Waals surface area contributed by atoms with Gasteiger partial charge in [-0.2, -0.15) is 0 Å². The molecule has 0 aromatic heterocycles. The summed E-state index contributed by atoms with van der Waals surface area (Å²) in [6, 6.07) is 8.22. The molecule has 2 N–H and O–H groups in total. The van der Waals surface area contributed by atoms with Crippen molar-refractivity contribution in [3.05, 3.63) is 29.8 Å². The maximum absolute atomic E-state index is 5.78. The Labute approximate surface area is 188 Å². The van der Waals surface area contributed by atoms with Gasteiger partial charge < -0.3 is 20.1 Å². The molecule has 0 spiro atoms. The van der Waals surface area contributed by atoms with Crippen molar-refractivity contribution < 1.29 is 9.47 Å². The van der Waals surface area contributed by atoms with Gasteiger partial charge in [0.25, 0.3) is 0 Å². The lowest BCUT2D eigenvalue weighted by atomic mass is 9.67. The molecule has 0 heterocycles. The zero-order valence-electron chi connectivity index (χ0n) is 17.8. The third kappa shape index (κ3) is 8.99. The zero-order chi connectivity index (χ0) is 19.4. The number of unbranched alkanes of at least 4 members (excludes halogenated alkanes) is 1. The first-order valence-corrected chi connectivity index (χ1v) is 10.4. The summed E-state index contributed by atoms with van der Waals surface area (Å²) >= 11 is 0. The number of hydrogen-bond acceptors (Lipinski definition) is 3. The van der Waals surface area contributed by atoms with Crippen LogP contribution in [-0.4, -0.2) is 45.9 Å². The van der Waals surface area contributed by atoms with E-state index in [1.165, 1.54) is 24.8 Å². The molecule has 5 nitrogen and oxygen atoms in total. The minimum Gasteiger partial charge on any atom is -0.494 e. The molecule has 0 atom stereocenters. The van der Waals surface area contributed by atoms with Gasteiger partial charge in [-0.15, -0.1) is 24.0 Å². The SMILES string of the molecule is CCNC(=NCC1(CCOC)CCC1)NCCCCOc1ccc(C)cc1.I. The second-order valence-electron chi connectivity index (χ2n) is 7.59. The average Bonchev–Trinajstić information content (AvgIpc) is 2.64. The Morgan fingerprint density at radius 3 is 2.46 bits per heavy atom. The molecule has 1 aromatic rings. The van der Waals surface area contributed by atoms with Gasteiger partial charge in [0.2, 0.25) is 0 Å². The first-order valence-electron chi connectivity index (χ1n) is 10.4. The van der Waals surface area contributed by atoms with Crippen LogP contribution in [0.25, 0.3) is 0 Å². The Morgan fingerprint density at radius 2 is 1.86 bits per heavy atom. The van der Waals surface area contributed by atoms with Crippen molar-refractivity contribution in [2.75, 3.05) is 40.0 Å². The van der Waals surface area contributed by atoms with Crippen LogP contribution in [0.15, 0.2) is 29.3 Å². The van der Waals surface area contributed by atoms with E-state index in [4.69, 9.17) is 14.5 Å². The van der Waals surface area contributed by atoms with Crippen molar-refractivity contribution in [3.63, 3.8) is 0 Å². The fourth-order valence-corrected chi connectivity index (χ4v) is 3.33. The number of methoxy groups -OCH3 is 1. The molecule has 0 bridgehead atoms. The van der Waals surface area contributed by atoms with E-state index in [0.29, 0.717) is 5.41 Å². The molecule has 0 amide bonds. The molecular formula is C22H38IN3O2. The Kier molecular flexibility index (Phi) is 12.5. The van der Waals surface area contributed by atoms with Crippen LogP contribution in [0.1, 0.15) is 51.0 Å². The highest BCUT2D eigenvalue weighted by Gasteiger charge is 2.36. The van der Waals surface area contributed by atoms with Crippen LogP contribution in [0.3, 0.4) is 0 Å². The summed E-state index contributed by atoms with van der Waals surface area (Å²) in [5.74, 6) is 1.88. The lowest BCUT2D eigenvalue weighted by Gasteiger charge is -2.40. The summed E-state index contributed by atoms with van der Waals surface area (Å²) in [4.78, 5) is 4.84. The summed E-state index contributed by atoms with van der Waals surface area (Å²) in [5, 5.41) is 6.81. The fraction of sp³-hybridized carbons (Fsp3) is 0.682. The Balaban J connectivity index is 0.00000392. The van der Waals surface area contributed by atoms with E-state index in [-0.39, 0.29) is 24.0 Å². The van der Waals surface area contributed by atoms with Gasteiger partial charge in [-0.3, -0.25) is 4.99 Å². The topological polar surface area (TPSA) is 54.9 Å². The molecule has 28 heavy (non-hydrogen) atoms. The fourth-order valence-electron chi connectivity index (χ4n) is 3.33. The van der Waals surface area contributed by atoms with E-state index >= 15 is 0 Å². The summed E-state index contributed by atoms with van der Waals surface area (Å²) in [6.07, 6.45) is 7.07. The molecule has 6 heteroatoms. The second kappa shape index (κ2) is 14.0. The number of aliphatic imine (C=N–C) groups is 1. The van der Waals surface area contributed by atoms with Crippen molar-refractivity contribution in [1.29, 1.82) is 0 Å². The summed E-state index contributed by atoms with van der Waals surface area (Å²) in [7, 11) is 1.78. The number of ether oxygens (including phenoxy) is 2. The summed E-state index contributed by atoms with van der Waals surface area (Å²) < 4.78 is 11.1. The first-order chi connectivity index (χ1) is 13.2. The Hall–Kier alpha value is -1.02. The Morgan fingerprint density at radius 1 is 1.11 bits per heavy atom. The summed E-state index contributed by atoms with van der Waals surface area (Å²) in [6.45, 7) is 8.46. The number of nitrogens with zero attached hydrogens (tertiary/aromatic N) is 1. The quantitative estimate of drug-likeness (QED) is 0.191. The van der Waals surface area contributed by atoms with Gasteiger partial charge in [0.15, 0.2) is 5.96 Å². The van der Waals surface area contributed by atoms with Crippen molar-refractivity contribution in [1.82, 2.24) is 10.6 Å². The molecule has 1 fully saturated rings. The van der Waals surface area contributed by atoms with Crippen LogP contribution in [0, 0.1) is 12.3 Å². The third-order valence-electron chi connectivity index (χ3n) is 5.32. The lowest BCUT2D eigenvalue weighted by Crippen LogP contribution is -2.40. The molecular weight excluding hydrogens is 465 g/mol. The molecule has 1 aromatic carbocycles. The molecule has 1 saturated carbocycles. The standard InChI is InChI=1S/C22H37N3O2.HI/c1-4-23-21(25-18-22(12-7-13-22)14-17-26-3)24-15-5-6-16-27-20-10-8-19(2)9-11-20;/h8-11H,4-7,12-18H2,1-3H3,(H2,23,24,25);1H. The maximum atomic E-state index is 5.78. The highest BCUT2D eigenvalue weighted by molar-refractivity contribution is 14.0. The van der Waals surface area contributed by atoms with E-state index in [0.717, 1.165) is 63.8 Å². The maximum Gasteiger partial charge on any atom is 0.191 e. The second-order valence-corrected chi connectivity index (χ2v) is 7.59. The third-order valence-corrected chi connectivity index (χ3v) is 5.32. The number of rotatable bonds is 12. The molecule has 0 radical (unpaired) electrons. The number of halogens is 1. The number of benzene rings is 1.